The Bertz CT molecular complexity index is 1350. The number of imide groups is 2. The Labute approximate surface area is 205 Å². The monoisotopic (exact) mass is 523 g/mol. The average molecular weight is 523 g/mol. The summed E-state index contributed by atoms with van der Waals surface area (Å²) in [5.41, 5.74) is -0.123. The summed E-state index contributed by atoms with van der Waals surface area (Å²) in [6.45, 7) is 0.163. The van der Waals surface area contributed by atoms with E-state index in [2.05, 4.69) is 20.2 Å². The van der Waals surface area contributed by atoms with E-state index in [4.69, 9.17) is 4.52 Å². The summed E-state index contributed by atoms with van der Waals surface area (Å²) >= 11 is 0. The summed E-state index contributed by atoms with van der Waals surface area (Å²) in [6.07, 6.45) is -4.31. The number of hydrogen-bond acceptors (Lipinski definition) is 9. The SMILES string of the molecule is O=C1CCC(N2C(=O)C3=C(C2=O)N(Cc2nc(-c4cccc(OC(F)(F)F)c4F)no2)CCC3)C(=O)N1. The standard InChI is InChI=1S/C22H17F4N5O6/c23-16-10(3-1-5-13(16)36-22(24,25)26)18-28-15(37-29-18)9-30-8-2-4-11-17(30)21(35)31(20(11)34)12-6-7-14(32)27-19(12)33/h1,3,5,12H,2,4,6-9H2,(H,27,32,33). The molecule has 0 aliphatic carbocycles. The average Bonchev–Trinajstić information content (AvgIpc) is 3.38. The number of nitrogens with zero attached hydrogens (tertiary/aromatic N) is 4. The number of nitrogens with one attached hydrogen (secondary N) is 1. The van der Waals surface area contributed by atoms with Gasteiger partial charge in [0.25, 0.3) is 11.8 Å². The molecular weight excluding hydrogens is 506 g/mol. The van der Waals surface area contributed by atoms with Gasteiger partial charge in [0.05, 0.1) is 12.1 Å². The Kier molecular flexibility index (Phi) is 5.92. The van der Waals surface area contributed by atoms with Crippen LogP contribution in [-0.2, 0) is 25.7 Å². The molecule has 194 valence electrons. The molecule has 1 N–H and O–H groups in total. The van der Waals surface area contributed by atoms with Crippen LogP contribution in [0.4, 0.5) is 17.6 Å². The van der Waals surface area contributed by atoms with Crippen molar-refractivity contribution >= 4 is 23.6 Å². The summed E-state index contributed by atoms with van der Waals surface area (Å²) in [7, 11) is 0. The number of benzene rings is 1. The van der Waals surface area contributed by atoms with Crippen molar-refractivity contribution in [2.75, 3.05) is 6.54 Å². The molecule has 1 aromatic carbocycles. The number of rotatable bonds is 5. The molecule has 0 radical (unpaired) electrons. The van der Waals surface area contributed by atoms with Crippen LogP contribution in [0.25, 0.3) is 11.4 Å². The van der Waals surface area contributed by atoms with Gasteiger partial charge in [-0.3, -0.25) is 29.4 Å². The van der Waals surface area contributed by atoms with Crippen LogP contribution in [0.2, 0.25) is 0 Å². The minimum atomic E-state index is -5.10. The maximum absolute atomic E-state index is 14.6. The smallest absolute Gasteiger partial charge is 0.403 e. The van der Waals surface area contributed by atoms with Crippen molar-refractivity contribution in [1.82, 2.24) is 25.3 Å². The minimum absolute atomic E-state index is 0.0123. The molecule has 1 unspecified atom stereocenters. The highest BCUT2D eigenvalue weighted by Gasteiger charge is 2.48. The van der Waals surface area contributed by atoms with Crippen LogP contribution in [0.1, 0.15) is 31.6 Å². The van der Waals surface area contributed by atoms with Gasteiger partial charge in [0, 0.05) is 18.5 Å². The molecule has 1 atom stereocenters. The largest absolute Gasteiger partial charge is 0.573 e. The molecular formula is C22H17F4N5O6. The quantitative estimate of drug-likeness (QED) is 0.460. The minimum Gasteiger partial charge on any atom is -0.403 e. The zero-order chi connectivity index (χ0) is 26.5. The number of alkyl halides is 3. The van der Waals surface area contributed by atoms with Crippen LogP contribution in [0.3, 0.4) is 0 Å². The highest BCUT2D eigenvalue weighted by molar-refractivity contribution is 6.21. The van der Waals surface area contributed by atoms with Crippen molar-refractivity contribution in [3.05, 3.63) is 41.2 Å². The van der Waals surface area contributed by atoms with Gasteiger partial charge in [-0.1, -0.05) is 11.2 Å². The van der Waals surface area contributed by atoms with Crippen molar-refractivity contribution in [2.45, 2.75) is 44.6 Å². The lowest BCUT2D eigenvalue weighted by Gasteiger charge is -2.29. The van der Waals surface area contributed by atoms with E-state index in [1.54, 1.807) is 0 Å². The molecule has 0 saturated carbocycles. The van der Waals surface area contributed by atoms with E-state index in [9.17, 15) is 36.7 Å². The number of piperidine rings is 1. The molecule has 1 fully saturated rings. The Morgan fingerprint density at radius 2 is 1.92 bits per heavy atom. The predicted molar refractivity (Wildman–Crippen MR) is 111 cm³/mol. The van der Waals surface area contributed by atoms with Gasteiger partial charge in [0.15, 0.2) is 11.6 Å². The van der Waals surface area contributed by atoms with Gasteiger partial charge in [-0.25, -0.2) is 4.39 Å². The van der Waals surface area contributed by atoms with Gasteiger partial charge >= 0.3 is 6.36 Å². The summed E-state index contributed by atoms with van der Waals surface area (Å²) < 4.78 is 61.0. The molecule has 4 heterocycles. The molecule has 11 nitrogen and oxygen atoms in total. The number of hydrogen-bond donors (Lipinski definition) is 1. The fourth-order valence-corrected chi connectivity index (χ4v) is 4.54. The van der Waals surface area contributed by atoms with E-state index in [0.29, 0.717) is 19.4 Å². The fourth-order valence-electron chi connectivity index (χ4n) is 4.54. The van der Waals surface area contributed by atoms with Gasteiger partial charge in [-0.15, -0.1) is 13.2 Å². The van der Waals surface area contributed by atoms with Crippen molar-refractivity contribution in [1.29, 1.82) is 0 Å². The third-order valence-electron chi connectivity index (χ3n) is 6.10. The number of halogens is 4. The first-order valence-electron chi connectivity index (χ1n) is 11.1. The first-order chi connectivity index (χ1) is 17.5. The maximum atomic E-state index is 14.6. The summed E-state index contributed by atoms with van der Waals surface area (Å²) in [5.74, 6) is -5.37. The van der Waals surface area contributed by atoms with Crippen molar-refractivity contribution < 1.29 is 46.0 Å². The van der Waals surface area contributed by atoms with Crippen LogP contribution in [-0.4, -0.2) is 62.5 Å². The number of carbonyl (C=O) groups is 4. The number of carbonyl (C=O) groups excluding carboxylic acids is 4. The topological polar surface area (TPSA) is 135 Å². The molecule has 0 spiro atoms. The van der Waals surface area contributed by atoms with E-state index in [-0.39, 0.29) is 42.4 Å². The van der Waals surface area contributed by atoms with Gasteiger partial charge in [0.2, 0.25) is 23.5 Å². The Hall–Kier alpha value is -4.30. The molecule has 1 saturated heterocycles. The highest BCUT2D eigenvalue weighted by Crippen LogP contribution is 2.35. The molecule has 15 heteroatoms. The Balaban J connectivity index is 1.36. The van der Waals surface area contributed by atoms with Crippen molar-refractivity contribution in [2.24, 2.45) is 0 Å². The second-order valence-electron chi connectivity index (χ2n) is 8.48. The van der Waals surface area contributed by atoms with E-state index in [1.807, 2.05) is 0 Å². The molecule has 3 aliphatic heterocycles. The Morgan fingerprint density at radius 3 is 2.65 bits per heavy atom. The van der Waals surface area contributed by atoms with Gasteiger partial charge < -0.3 is 14.2 Å². The van der Waals surface area contributed by atoms with E-state index < -0.39 is 53.2 Å². The Morgan fingerprint density at radius 1 is 1.14 bits per heavy atom. The van der Waals surface area contributed by atoms with Crippen LogP contribution in [0.15, 0.2) is 34.0 Å². The number of ether oxygens (including phenoxy) is 1. The maximum Gasteiger partial charge on any atom is 0.573 e. The van der Waals surface area contributed by atoms with E-state index >= 15 is 0 Å². The fraction of sp³-hybridized carbons (Fsp3) is 0.364. The first kappa shape index (κ1) is 24.4. The molecule has 2 aromatic rings. The lowest BCUT2D eigenvalue weighted by Crippen LogP contribution is -2.55. The molecule has 1 aromatic heterocycles. The van der Waals surface area contributed by atoms with Crippen LogP contribution >= 0.6 is 0 Å². The third kappa shape index (κ3) is 4.51. The zero-order valence-electron chi connectivity index (χ0n) is 18.8. The second kappa shape index (κ2) is 8.97. The van der Waals surface area contributed by atoms with Crippen LogP contribution < -0.4 is 10.1 Å². The summed E-state index contributed by atoms with van der Waals surface area (Å²) in [6, 6.07) is 1.95. The lowest BCUT2D eigenvalue weighted by atomic mass is 10.0. The number of aromatic nitrogens is 2. The molecule has 0 bridgehead atoms. The normalized spacial score (nSPS) is 20.5. The lowest BCUT2D eigenvalue weighted by molar-refractivity contribution is -0.275. The predicted octanol–water partition coefficient (Wildman–Crippen LogP) is 1.80. The first-order valence-corrected chi connectivity index (χ1v) is 11.1. The molecule has 4 amide bonds. The summed E-state index contributed by atoms with van der Waals surface area (Å²) in [5, 5.41) is 5.75. The zero-order valence-corrected chi connectivity index (χ0v) is 18.8. The third-order valence-corrected chi connectivity index (χ3v) is 6.10. The number of amides is 4. The van der Waals surface area contributed by atoms with Gasteiger partial charge in [0.1, 0.15) is 11.7 Å². The van der Waals surface area contributed by atoms with E-state index in [0.717, 1.165) is 23.1 Å². The van der Waals surface area contributed by atoms with Crippen molar-refractivity contribution in [3.63, 3.8) is 0 Å². The highest BCUT2D eigenvalue weighted by atomic mass is 19.4. The molecule has 5 rings (SSSR count). The van der Waals surface area contributed by atoms with E-state index in [1.165, 1.54) is 4.90 Å². The van der Waals surface area contributed by atoms with Crippen LogP contribution in [0, 0.1) is 5.82 Å². The van der Waals surface area contributed by atoms with Crippen LogP contribution in [0.5, 0.6) is 5.75 Å². The van der Waals surface area contributed by atoms with Crippen molar-refractivity contribution in [3.8, 4) is 17.1 Å². The molecule has 37 heavy (non-hydrogen) atoms. The van der Waals surface area contributed by atoms with Gasteiger partial charge in [-0.2, -0.15) is 4.98 Å². The van der Waals surface area contributed by atoms with Gasteiger partial charge in [-0.05, 0) is 31.4 Å². The second-order valence-corrected chi connectivity index (χ2v) is 8.48. The summed E-state index contributed by atoms with van der Waals surface area (Å²) in [4.78, 5) is 56.4. The molecule has 3 aliphatic rings.